The normalized spacial score (nSPS) is 12.1. The maximum atomic E-state index is 10.4. The van der Waals surface area contributed by atoms with Crippen LogP contribution in [0.2, 0.25) is 0 Å². The molecule has 2 heterocycles. The van der Waals surface area contributed by atoms with Gasteiger partial charge in [-0.3, -0.25) is 4.98 Å². The Morgan fingerprint density at radius 2 is 1.57 bits per heavy atom. The van der Waals surface area contributed by atoms with Gasteiger partial charge in [0.2, 0.25) is 0 Å². The topological polar surface area (TPSA) is 71.2 Å². The molecule has 5 nitrogen and oxygen atoms in total. The van der Waals surface area contributed by atoms with Crippen LogP contribution in [-0.2, 0) is 6.54 Å². The highest BCUT2D eigenvalue weighted by atomic mass is 16.3. The van der Waals surface area contributed by atoms with Gasteiger partial charge in [-0.05, 0) is 13.0 Å². The molecule has 0 radical (unpaired) electrons. The summed E-state index contributed by atoms with van der Waals surface area (Å²) in [7, 11) is 0. The van der Waals surface area contributed by atoms with Gasteiger partial charge in [-0.2, -0.15) is 0 Å². The van der Waals surface area contributed by atoms with Gasteiger partial charge in [0.1, 0.15) is 11.6 Å². The smallest absolute Gasteiger partial charge is 0.145 e. The van der Waals surface area contributed by atoms with Crippen molar-refractivity contribution in [2.45, 2.75) is 19.6 Å². The van der Waals surface area contributed by atoms with E-state index in [1.54, 1.807) is 19.2 Å². The van der Waals surface area contributed by atoms with E-state index >= 15 is 0 Å². The lowest BCUT2D eigenvalue weighted by atomic mass is 10.0. The van der Waals surface area contributed by atoms with E-state index in [1.165, 1.54) is 6.20 Å². The highest BCUT2D eigenvalue weighted by Crippen LogP contribution is 2.38. The van der Waals surface area contributed by atoms with Gasteiger partial charge in [0, 0.05) is 17.3 Å². The molecule has 2 aromatic carbocycles. The second-order valence-corrected chi connectivity index (χ2v) is 6.72. The van der Waals surface area contributed by atoms with Crippen LogP contribution < -0.4 is 0 Å². The van der Waals surface area contributed by atoms with E-state index in [4.69, 9.17) is 4.98 Å². The number of rotatable bonds is 5. The van der Waals surface area contributed by atoms with Gasteiger partial charge in [0.05, 0.1) is 35.8 Å². The summed E-state index contributed by atoms with van der Waals surface area (Å²) < 4.78 is 1.97. The maximum Gasteiger partial charge on any atom is 0.145 e. The van der Waals surface area contributed by atoms with Crippen molar-refractivity contribution in [2.75, 3.05) is 0 Å². The number of hydrogen-bond donors (Lipinski definition) is 2. The van der Waals surface area contributed by atoms with Crippen molar-refractivity contribution in [1.29, 1.82) is 0 Å². The predicted octanol–water partition coefficient (Wildman–Crippen LogP) is 4.37. The lowest BCUT2D eigenvalue weighted by molar-refractivity contribution is 0.174. The molecule has 0 aliphatic carbocycles. The highest BCUT2D eigenvalue weighted by Gasteiger charge is 2.23. The summed E-state index contributed by atoms with van der Waals surface area (Å²) in [6, 6.07) is 21.7. The fourth-order valence-electron chi connectivity index (χ4n) is 3.36. The first-order chi connectivity index (χ1) is 13.6. The molecule has 1 unspecified atom stereocenters. The number of benzene rings is 2. The SMILES string of the molecule is CC(O)Cn1c(-c2ccncc2O)nc(-c2ccccc2)c1-c1ccccc1. The van der Waals surface area contributed by atoms with E-state index in [-0.39, 0.29) is 5.75 Å². The molecular weight excluding hydrogens is 350 g/mol. The van der Waals surface area contributed by atoms with Gasteiger partial charge in [0.15, 0.2) is 0 Å². The number of imidazole rings is 1. The molecule has 4 aromatic rings. The van der Waals surface area contributed by atoms with Crippen molar-refractivity contribution in [1.82, 2.24) is 14.5 Å². The molecule has 0 aliphatic heterocycles. The Bertz CT molecular complexity index is 1070. The highest BCUT2D eigenvalue weighted by molar-refractivity contribution is 5.83. The van der Waals surface area contributed by atoms with Crippen LogP contribution in [0.5, 0.6) is 5.75 Å². The van der Waals surface area contributed by atoms with Crippen molar-refractivity contribution >= 4 is 0 Å². The lowest BCUT2D eigenvalue weighted by Crippen LogP contribution is -2.14. The van der Waals surface area contributed by atoms with Crippen LogP contribution >= 0.6 is 0 Å². The van der Waals surface area contributed by atoms with Crippen molar-refractivity contribution in [3.8, 4) is 39.7 Å². The fraction of sp³-hybridized carbons (Fsp3) is 0.130. The van der Waals surface area contributed by atoms with Gasteiger partial charge < -0.3 is 14.8 Å². The van der Waals surface area contributed by atoms with Crippen LogP contribution in [0.4, 0.5) is 0 Å². The van der Waals surface area contributed by atoms with E-state index in [1.807, 2.05) is 65.2 Å². The number of pyridine rings is 1. The number of aliphatic hydroxyl groups is 1. The summed E-state index contributed by atoms with van der Waals surface area (Å²) >= 11 is 0. The Labute approximate surface area is 163 Å². The molecule has 4 rings (SSSR count). The van der Waals surface area contributed by atoms with Gasteiger partial charge >= 0.3 is 0 Å². The van der Waals surface area contributed by atoms with Gasteiger partial charge in [-0.15, -0.1) is 0 Å². The summed E-state index contributed by atoms with van der Waals surface area (Å²) in [5, 5.41) is 20.6. The average Bonchev–Trinajstić information content (AvgIpc) is 3.08. The monoisotopic (exact) mass is 371 g/mol. The second kappa shape index (κ2) is 7.66. The molecule has 0 aliphatic rings. The van der Waals surface area contributed by atoms with E-state index < -0.39 is 6.10 Å². The molecule has 0 bridgehead atoms. The van der Waals surface area contributed by atoms with E-state index in [0.717, 1.165) is 22.5 Å². The van der Waals surface area contributed by atoms with Gasteiger partial charge in [-0.25, -0.2) is 4.98 Å². The lowest BCUT2D eigenvalue weighted by Gasteiger charge is -2.15. The van der Waals surface area contributed by atoms with Crippen molar-refractivity contribution < 1.29 is 10.2 Å². The van der Waals surface area contributed by atoms with E-state index in [2.05, 4.69) is 4.98 Å². The minimum Gasteiger partial charge on any atom is -0.506 e. The molecule has 0 fully saturated rings. The molecule has 28 heavy (non-hydrogen) atoms. The number of aromatic nitrogens is 3. The Hall–Kier alpha value is -3.44. The number of hydrogen-bond acceptors (Lipinski definition) is 4. The zero-order chi connectivity index (χ0) is 19.5. The minimum absolute atomic E-state index is 0.0542. The molecule has 1 atom stereocenters. The van der Waals surface area contributed by atoms with Crippen LogP contribution in [-0.4, -0.2) is 30.9 Å². The number of aliphatic hydroxyl groups excluding tert-OH is 1. The van der Waals surface area contributed by atoms with Crippen LogP contribution in [0, 0.1) is 0 Å². The molecule has 0 amide bonds. The first-order valence-electron chi connectivity index (χ1n) is 9.18. The third kappa shape index (κ3) is 3.40. The summed E-state index contributed by atoms with van der Waals surface area (Å²) in [6.07, 6.45) is 2.45. The molecular formula is C23H21N3O2. The van der Waals surface area contributed by atoms with Gasteiger partial charge in [-0.1, -0.05) is 60.7 Å². The largest absolute Gasteiger partial charge is 0.506 e. The van der Waals surface area contributed by atoms with E-state index in [0.29, 0.717) is 17.9 Å². The van der Waals surface area contributed by atoms with Crippen molar-refractivity contribution in [2.24, 2.45) is 0 Å². The third-order valence-electron chi connectivity index (χ3n) is 4.55. The minimum atomic E-state index is -0.581. The summed E-state index contributed by atoms with van der Waals surface area (Å²) in [5.41, 5.74) is 4.25. The Morgan fingerprint density at radius 3 is 2.18 bits per heavy atom. The van der Waals surface area contributed by atoms with Crippen LogP contribution in [0.25, 0.3) is 33.9 Å². The molecule has 5 heteroatoms. The van der Waals surface area contributed by atoms with Crippen molar-refractivity contribution in [3.05, 3.63) is 79.1 Å². The average molecular weight is 371 g/mol. The van der Waals surface area contributed by atoms with Crippen LogP contribution in [0.3, 0.4) is 0 Å². The summed E-state index contributed by atoms with van der Waals surface area (Å²) in [6.45, 7) is 2.09. The first-order valence-corrected chi connectivity index (χ1v) is 9.18. The zero-order valence-electron chi connectivity index (χ0n) is 15.5. The molecule has 0 saturated carbocycles. The van der Waals surface area contributed by atoms with Gasteiger partial charge in [0.25, 0.3) is 0 Å². The number of nitrogens with zero attached hydrogens (tertiary/aromatic N) is 3. The Balaban J connectivity index is 2.05. The molecule has 2 aromatic heterocycles. The first kappa shape index (κ1) is 17.9. The third-order valence-corrected chi connectivity index (χ3v) is 4.55. The Kier molecular flexibility index (Phi) is 4.91. The quantitative estimate of drug-likeness (QED) is 0.547. The molecule has 140 valence electrons. The summed E-state index contributed by atoms with van der Waals surface area (Å²) in [5.74, 6) is 0.650. The molecule has 0 spiro atoms. The fourth-order valence-corrected chi connectivity index (χ4v) is 3.36. The van der Waals surface area contributed by atoms with Crippen LogP contribution in [0.15, 0.2) is 79.1 Å². The standard InChI is InChI=1S/C23H21N3O2/c1-16(27)15-26-22(18-10-6-3-7-11-18)21(17-8-4-2-5-9-17)25-23(26)19-12-13-24-14-20(19)28/h2-14,16,27-28H,15H2,1H3. The van der Waals surface area contributed by atoms with E-state index in [9.17, 15) is 10.2 Å². The summed E-state index contributed by atoms with van der Waals surface area (Å²) in [4.78, 5) is 8.88. The number of aromatic hydroxyl groups is 1. The predicted molar refractivity (Wildman–Crippen MR) is 110 cm³/mol. The molecule has 2 N–H and O–H groups in total. The second-order valence-electron chi connectivity index (χ2n) is 6.72. The van der Waals surface area contributed by atoms with Crippen LogP contribution in [0.1, 0.15) is 6.92 Å². The Morgan fingerprint density at radius 1 is 0.929 bits per heavy atom. The van der Waals surface area contributed by atoms with Crippen molar-refractivity contribution in [3.63, 3.8) is 0 Å². The molecule has 0 saturated heterocycles. The maximum absolute atomic E-state index is 10.4. The zero-order valence-corrected chi connectivity index (χ0v) is 15.5.